The molecule has 0 saturated carbocycles. The molecule has 0 fully saturated rings. The summed E-state index contributed by atoms with van der Waals surface area (Å²) in [5.74, 6) is -0.191. The van der Waals surface area contributed by atoms with Gasteiger partial charge in [-0.05, 0) is 24.6 Å². The third-order valence-electron chi connectivity index (χ3n) is 2.47. The summed E-state index contributed by atoms with van der Waals surface area (Å²) in [5.41, 5.74) is 1.32. The van der Waals surface area contributed by atoms with Gasteiger partial charge < -0.3 is 14.8 Å². The molecule has 1 aromatic rings. The number of amides is 1. The van der Waals surface area contributed by atoms with E-state index in [1.807, 2.05) is 0 Å². The summed E-state index contributed by atoms with van der Waals surface area (Å²) in [4.78, 5) is 11.9. The zero-order valence-corrected chi connectivity index (χ0v) is 10.9. The van der Waals surface area contributed by atoms with Gasteiger partial charge in [-0.25, -0.2) is 0 Å². The first-order chi connectivity index (χ1) is 8.10. The third-order valence-corrected chi connectivity index (χ3v) is 2.88. The minimum Gasteiger partial charge on any atom is -0.354 e. The number of benzene rings is 1. The van der Waals surface area contributed by atoms with Gasteiger partial charge in [0.2, 0.25) is 0 Å². The lowest BCUT2D eigenvalue weighted by molar-refractivity contribution is -0.0974. The Morgan fingerprint density at radius 2 is 2.06 bits per heavy atom. The Morgan fingerprint density at radius 3 is 2.65 bits per heavy atom. The molecule has 0 radical (unpaired) electrons. The SMILES string of the molecule is COC(CNC(=O)c1cccc(Cl)c1C)OC. The van der Waals surface area contributed by atoms with Crippen molar-refractivity contribution in [3.63, 3.8) is 0 Å². The number of carbonyl (C=O) groups is 1. The number of carbonyl (C=O) groups excluding carboxylic acids is 1. The second-order valence-electron chi connectivity index (χ2n) is 3.52. The molecule has 5 heteroatoms. The van der Waals surface area contributed by atoms with Crippen LogP contribution in [-0.2, 0) is 9.47 Å². The highest BCUT2D eigenvalue weighted by Gasteiger charge is 2.12. The summed E-state index contributed by atoms with van der Waals surface area (Å²) in [6.45, 7) is 2.10. The van der Waals surface area contributed by atoms with Crippen LogP contribution in [-0.4, -0.2) is 33.0 Å². The van der Waals surface area contributed by atoms with E-state index in [4.69, 9.17) is 21.1 Å². The van der Waals surface area contributed by atoms with E-state index in [-0.39, 0.29) is 12.5 Å². The molecule has 4 nitrogen and oxygen atoms in total. The fourth-order valence-corrected chi connectivity index (χ4v) is 1.56. The normalized spacial score (nSPS) is 10.6. The molecule has 0 bridgehead atoms. The maximum atomic E-state index is 11.9. The number of rotatable bonds is 5. The molecule has 1 amide bonds. The molecule has 0 aromatic heterocycles. The van der Waals surface area contributed by atoms with Crippen molar-refractivity contribution in [2.45, 2.75) is 13.2 Å². The summed E-state index contributed by atoms with van der Waals surface area (Å²) in [6.07, 6.45) is -0.446. The molecule has 1 rings (SSSR count). The largest absolute Gasteiger partial charge is 0.354 e. The number of nitrogens with one attached hydrogen (secondary N) is 1. The van der Waals surface area contributed by atoms with Crippen molar-refractivity contribution in [1.82, 2.24) is 5.32 Å². The highest BCUT2D eigenvalue weighted by Crippen LogP contribution is 2.18. The first kappa shape index (κ1) is 14.0. The van der Waals surface area contributed by atoms with Gasteiger partial charge in [-0.3, -0.25) is 4.79 Å². The van der Waals surface area contributed by atoms with E-state index < -0.39 is 6.29 Å². The van der Waals surface area contributed by atoms with E-state index in [1.54, 1.807) is 25.1 Å². The minimum absolute atomic E-state index is 0.191. The minimum atomic E-state index is -0.446. The highest BCUT2D eigenvalue weighted by atomic mass is 35.5. The first-order valence-corrected chi connectivity index (χ1v) is 5.56. The van der Waals surface area contributed by atoms with Gasteiger partial charge >= 0.3 is 0 Å². The molecule has 0 aliphatic carbocycles. The van der Waals surface area contributed by atoms with Crippen LogP contribution < -0.4 is 5.32 Å². The van der Waals surface area contributed by atoms with Crippen molar-refractivity contribution in [3.05, 3.63) is 34.3 Å². The van der Waals surface area contributed by atoms with Gasteiger partial charge in [0, 0.05) is 24.8 Å². The molecule has 1 aromatic carbocycles. The number of hydrogen-bond donors (Lipinski definition) is 1. The van der Waals surface area contributed by atoms with Crippen LogP contribution in [0, 0.1) is 6.92 Å². The Hall–Kier alpha value is -1.10. The Bertz CT molecular complexity index is 391. The molecule has 0 aliphatic heterocycles. The topological polar surface area (TPSA) is 47.6 Å². The molecule has 0 spiro atoms. The van der Waals surface area contributed by atoms with E-state index in [9.17, 15) is 4.79 Å². The molecule has 17 heavy (non-hydrogen) atoms. The average molecular weight is 258 g/mol. The third kappa shape index (κ3) is 3.70. The van der Waals surface area contributed by atoms with Crippen molar-refractivity contribution in [3.8, 4) is 0 Å². The zero-order valence-electron chi connectivity index (χ0n) is 10.1. The highest BCUT2D eigenvalue weighted by molar-refractivity contribution is 6.31. The van der Waals surface area contributed by atoms with Gasteiger partial charge in [0.1, 0.15) is 0 Å². The van der Waals surface area contributed by atoms with Crippen LogP contribution in [0.1, 0.15) is 15.9 Å². The van der Waals surface area contributed by atoms with E-state index >= 15 is 0 Å². The quantitative estimate of drug-likeness (QED) is 0.821. The smallest absolute Gasteiger partial charge is 0.251 e. The van der Waals surface area contributed by atoms with Crippen molar-refractivity contribution in [1.29, 1.82) is 0 Å². The second kappa shape index (κ2) is 6.59. The Morgan fingerprint density at radius 1 is 1.41 bits per heavy atom. The molecule has 0 saturated heterocycles. The van der Waals surface area contributed by atoms with E-state index in [2.05, 4.69) is 5.32 Å². The van der Waals surface area contributed by atoms with Gasteiger partial charge in [0.05, 0.1) is 6.54 Å². The predicted octanol–water partition coefficient (Wildman–Crippen LogP) is 2.00. The number of halogens is 1. The zero-order chi connectivity index (χ0) is 12.8. The molecule has 0 unspecified atom stereocenters. The molecule has 0 aliphatic rings. The number of ether oxygens (including phenoxy) is 2. The lowest BCUT2D eigenvalue weighted by atomic mass is 10.1. The van der Waals surface area contributed by atoms with Gasteiger partial charge in [-0.2, -0.15) is 0 Å². The van der Waals surface area contributed by atoms with Crippen molar-refractivity contribution in [2.24, 2.45) is 0 Å². The molecule has 0 atom stereocenters. The summed E-state index contributed by atoms with van der Waals surface area (Å²) < 4.78 is 9.95. The molecule has 1 N–H and O–H groups in total. The van der Waals surface area contributed by atoms with Crippen LogP contribution in [0.2, 0.25) is 5.02 Å². The average Bonchev–Trinajstić information content (AvgIpc) is 2.33. The maximum absolute atomic E-state index is 11.9. The van der Waals surface area contributed by atoms with Crippen LogP contribution in [0.4, 0.5) is 0 Å². The first-order valence-electron chi connectivity index (χ1n) is 5.19. The number of hydrogen-bond acceptors (Lipinski definition) is 3. The Balaban J connectivity index is 2.67. The van der Waals surface area contributed by atoms with Gasteiger partial charge in [-0.1, -0.05) is 17.7 Å². The van der Waals surface area contributed by atoms with Crippen molar-refractivity contribution >= 4 is 17.5 Å². The summed E-state index contributed by atoms with van der Waals surface area (Å²) in [5, 5.41) is 3.30. The second-order valence-corrected chi connectivity index (χ2v) is 3.93. The van der Waals surface area contributed by atoms with E-state index in [1.165, 1.54) is 14.2 Å². The molecular weight excluding hydrogens is 242 g/mol. The van der Waals surface area contributed by atoms with Gasteiger partial charge in [-0.15, -0.1) is 0 Å². The number of methoxy groups -OCH3 is 2. The van der Waals surface area contributed by atoms with Crippen LogP contribution in [0.25, 0.3) is 0 Å². The van der Waals surface area contributed by atoms with Crippen LogP contribution in [0.15, 0.2) is 18.2 Å². The lowest BCUT2D eigenvalue weighted by Crippen LogP contribution is -2.34. The fraction of sp³-hybridized carbons (Fsp3) is 0.417. The summed E-state index contributed by atoms with van der Waals surface area (Å²) >= 11 is 5.95. The van der Waals surface area contributed by atoms with Crippen LogP contribution >= 0.6 is 11.6 Å². The van der Waals surface area contributed by atoms with E-state index in [0.717, 1.165) is 5.56 Å². The molecule has 94 valence electrons. The standard InChI is InChI=1S/C12H16ClNO3/c1-8-9(5-4-6-10(8)13)12(15)14-7-11(16-2)17-3/h4-6,11H,7H2,1-3H3,(H,14,15). The van der Waals surface area contributed by atoms with Crippen molar-refractivity contribution in [2.75, 3.05) is 20.8 Å². The van der Waals surface area contributed by atoms with Crippen molar-refractivity contribution < 1.29 is 14.3 Å². The van der Waals surface area contributed by atoms with Gasteiger partial charge in [0.25, 0.3) is 5.91 Å². The van der Waals surface area contributed by atoms with Crippen LogP contribution in [0.5, 0.6) is 0 Å². The fourth-order valence-electron chi connectivity index (χ4n) is 1.39. The Kier molecular flexibility index (Phi) is 5.41. The predicted molar refractivity (Wildman–Crippen MR) is 66.3 cm³/mol. The van der Waals surface area contributed by atoms with Gasteiger partial charge in [0.15, 0.2) is 6.29 Å². The summed E-state index contributed by atoms with van der Waals surface area (Å²) in [7, 11) is 3.04. The molecule has 0 heterocycles. The monoisotopic (exact) mass is 257 g/mol. The summed E-state index contributed by atoms with van der Waals surface area (Å²) in [6, 6.07) is 5.22. The van der Waals surface area contributed by atoms with E-state index in [0.29, 0.717) is 10.6 Å². The van der Waals surface area contributed by atoms with Crippen LogP contribution in [0.3, 0.4) is 0 Å². The maximum Gasteiger partial charge on any atom is 0.251 e. The lowest BCUT2D eigenvalue weighted by Gasteiger charge is -2.14. The molecular formula is C12H16ClNO3. The Labute approximate surface area is 106 Å².